The van der Waals surface area contributed by atoms with Gasteiger partial charge < -0.3 is 0 Å². The number of aromatic nitrogens is 3. The first-order valence-electron chi connectivity index (χ1n) is 9.08. The van der Waals surface area contributed by atoms with Crippen LogP contribution in [-0.2, 0) is 5.41 Å². The van der Waals surface area contributed by atoms with Gasteiger partial charge in [-0.15, -0.1) is 5.10 Å². The van der Waals surface area contributed by atoms with E-state index in [0.29, 0.717) is 0 Å². The van der Waals surface area contributed by atoms with Gasteiger partial charge in [-0.3, -0.25) is 0 Å². The van der Waals surface area contributed by atoms with Gasteiger partial charge in [0, 0.05) is 15.6 Å². The third-order valence-corrected chi connectivity index (χ3v) is 5.84. The second-order valence-corrected chi connectivity index (χ2v) is 8.27. The quantitative estimate of drug-likeness (QED) is 0.644. The van der Waals surface area contributed by atoms with Gasteiger partial charge >= 0.3 is 0 Å². The minimum absolute atomic E-state index is 0.146. The molecular formula is C21H21Cl2N3. The molecule has 1 heterocycles. The molecule has 4 rings (SSSR count). The van der Waals surface area contributed by atoms with Gasteiger partial charge in [-0.2, -0.15) is 5.10 Å². The summed E-state index contributed by atoms with van der Waals surface area (Å²) in [4.78, 5) is 5.00. The lowest BCUT2D eigenvalue weighted by atomic mass is 9.94. The lowest BCUT2D eigenvalue weighted by molar-refractivity contribution is 0.675. The Hall–Kier alpha value is -1.71. The second-order valence-electron chi connectivity index (χ2n) is 7.37. The molecule has 1 aromatic carbocycles. The van der Waals surface area contributed by atoms with Gasteiger partial charge in [-0.05, 0) is 49.3 Å². The predicted molar refractivity (Wildman–Crippen MR) is 107 cm³/mol. The minimum atomic E-state index is -0.146. The van der Waals surface area contributed by atoms with Crippen molar-refractivity contribution in [2.45, 2.75) is 50.9 Å². The van der Waals surface area contributed by atoms with Gasteiger partial charge in [0.05, 0.1) is 16.8 Å². The van der Waals surface area contributed by atoms with Crippen molar-refractivity contribution in [2.75, 3.05) is 0 Å². The van der Waals surface area contributed by atoms with Crippen molar-refractivity contribution in [3.63, 3.8) is 0 Å². The topological polar surface area (TPSA) is 38.7 Å². The van der Waals surface area contributed by atoms with Crippen LogP contribution in [0.4, 0.5) is 0 Å². The summed E-state index contributed by atoms with van der Waals surface area (Å²) in [7, 11) is 0. The first kappa shape index (κ1) is 17.7. The Morgan fingerprint density at radius 3 is 2.38 bits per heavy atom. The molecule has 1 saturated carbocycles. The molecule has 0 aliphatic heterocycles. The summed E-state index contributed by atoms with van der Waals surface area (Å²) in [6.45, 7) is 4.23. The fraction of sp³-hybridized carbons (Fsp3) is 0.381. The molecule has 2 aromatic rings. The molecule has 0 spiro atoms. The van der Waals surface area contributed by atoms with Crippen molar-refractivity contribution in [1.82, 2.24) is 15.2 Å². The van der Waals surface area contributed by atoms with E-state index in [1.807, 2.05) is 12.1 Å². The minimum Gasteiger partial charge on any atom is -0.228 e. The maximum Gasteiger partial charge on any atom is 0.162 e. The Balaban J connectivity index is 1.83. The fourth-order valence-corrected chi connectivity index (χ4v) is 3.89. The Morgan fingerprint density at radius 1 is 1.04 bits per heavy atom. The molecule has 3 nitrogen and oxygen atoms in total. The zero-order chi connectivity index (χ0) is 18.3. The number of allylic oxidation sites excluding steroid dienone is 4. The first-order valence-corrected chi connectivity index (χ1v) is 9.83. The van der Waals surface area contributed by atoms with Crippen molar-refractivity contribution in [1.29, 1.82) is 0 Å². The number of halogens is 2. The van der Waals surface area contributed by atoms with Gasteiger partial charge in [-0.1, -0.05) is 61.3 Å². The number of benzene rings is 1. The van der Waals surface area contributed by atoms with Crippen LogP contribution in [-0.4, -0.2) is 15.2 Å². The average Bonchev–Trinajstić information content (AvgIpc) is 3.44. The maximum atomic E-state index is 6.54. The van der Waals surface area contributed by atoms with Crippen LogP contribution < -0.4 is 0 Å². The Kier molecular flexibility index (Phi) is 4.62. The molecule has 26 heavy (non-hydrogen) atoms. The van der Waals surface area contributed by atoms with Crippen LogP contribution in [0.5, 0.6) is 0 Å². The number of nitrogens with zero attached hydrogens (tertiary/aromatic N) is 3. The summed E-state index contributed by atoms with van der Waals surface area (Å²) < 4.78 is 0. The van der Waals surface area contributed by atoms with Crippen molar-refractivity contribution >= 4 is 28.8 Å². The van der Waals surface area contributed by atoms with Crippen LogP contribution in [0.2, 0.25) is 5.02 Å². The first-order chi connectivity index (χ1) is 12.5. The molecule has 0 N–H and O–H groups in total. The van der Waals surface area contributed by atoms with E-state index < -0.39 is 0 Å². The van der Waals surface area contributed by atoms with Crippen molar-refractivity contribution in [3.8, 4) is 0 Å². The second kappa shape index (κ2) is 6.79. The third-order valence-electron chi connectivity index (χ3n) is 5.20. The molecule has 134 valence electrons. The highest BCUT2D eigenvalue weighted by atomic mass is 35.5. The highest BCUT2D eigenvalue weighted by molar-refractivity contribution is 6.33. The van der Waals surface area contributed by atoms with Gasteiger partial charge in [0.15, 0.2) is 5.82 Å². The third kappa shape index (κ3) is 3.08. The van der Waals surface area contributed by atoms with Crippen LogP contribution >= 0.6 is 23.2 Å². The molecule has 2 aliphatic carbocycles. The van der Waals surface area contributed by atoms with E-state index in [0.717, 1.165) is 58.5 Å². The van der Waals surface area contributed by atoms with Crippen LogP contribution in [0.25, 0.3) is 5.57 Å². The molecule has 0 radical (unpaired) electrons. The van der Waals surface area contributed by atoms with Gasteiger partial charge in [0.2, 0.25) is 0 Å². The largest absolute Gasteiger partial charge is 0.228 e. The number of hydrogen-bond donors (Lipinski definition) is 0. The van der Waals surface area contributed by atoms with Crippen LogP contribution in [0.3, 0.4) is 0 Å². The summed E-state index contributed by atoms with van der Waals surface area (Å²) in [5.41, 5.74) is 3.83. The zero-order valence-corrected chi connectivity index (χ0v) is 16.5. The summed E-state index contributed by atoms with van der Waals surface area (Å²) in [5, 5.41) is 10.7. The Morgan fingerprint density at radius 2 is 1.77 bits per heavy atom. The van der Waals surface area contributed by atoms with Crippen LogP contribution in [0.15, 0.2) is 41.4 Å². The lowest BCUT2D eigenvalue weighted by Gasteiger charge is -2.19. The van der Waals surface area contributed by atoms with E-state index in [1.165, 1.54) is 5.56 Å². The normalized spacial score (nSPS) is 18.5. The molecule has 0 atom stereocenters. The Bertz CT molecular complexity index is 894. The summed E-state index contributed by atoms with van der Waals surface area (Å²) >= 11 is 12.6. The van der Waals surface area contributed by atoms with Crippen molar-refractivity contribution < 1.29 is 0 Å². The summed E-state index contributed by atoms with van der Waals surface area (Å²) in [6.07, 6.45) is 8.11. The molecule has 0 amide bonds. The predicted octanol–water partition coefficient (Wildman–Crippen LogP) is 6.03. The summed E-state index contributed by atoms with van der Waals surface area (Å²) in [5.74, 6) is 1.02. The van der Waals surface area contributed by atoms with Crippen LogP contribution in [0, 0.1) is 0 Å². The molecule has 0 unspecified atom stereocenters. The smallest absolute Gasteiger partial charge is 0.162 e. The molecule has 0 saturated heterocycles. The SMILES string of the molecule is CC(C)c1nnc(C2(c3ccc(Cl)cc3)CC2)nc1C1=C(Cl)CCC=C1. The number of hydrogen-bond acceptors (Lipinski definition) is 3. The highest BCUT2D eigenvalue weighted by Crippen LogP contribution is 2.52. The van der Waals surface area contributed by atoms with Crippen molar-refractivity contribution in [3.05, 3.63) is 69.2 Å². The van der Waals surface area contributed by atoms with E-state index in [2.05, 4.69) is 48.3 Å². The van der Waals surface area contributed by atoms with E-state index in [4.69, 9.17) is 28.2 Å². The highest BCUT2D eigenvalue weighted by Gasteiger charge is 2.49. The number of rotatable bonds is 4. The lowest BCUT2D eigenvalue weighted by Crippen LogP contribution is -2.18. The van der Waals surface area contributed by atoms with E-state index in [1.54, 1.807) is 0 Å². The Labute approximate surface area is 164 Å². The van der Waals surface area contributed by atoms with Crippen molar-refractivity contribution in [2.24, 2.45) is 0 Å². The maximum absolute atomic E-state index is 6.54. The monoisotopic (exact) mass is 385 g/mol. The fourth-order valence-electron chi connectivity index (χ4n) is 3.50. The molecule has 2 aliphatic rings. The molecular weight excluding hydrogens is 365 g/mol. The molecule has 0 bridgehead atoms. The van der Waals surface area contributed by atoms with Gasteiger partial charge in [0.1, 0.15) is 0 Å². The average molecular weight is 386 g/mol. The zero-order valence-electron chi connectivity index (χ0n) is 15.0. The molecule has 1 fully saturated rings. The van der Waals surface area contributed by atoms with E-state index >= 15 is 0 Å². The summed E-state index contributed by atoms with van der Waals surface area (Å²) in [6, 6.07) is 8.00. The standard InChI is InChI=1S/C21H21Cl2N3/c1-13(2)18-19(16-5-3-4-6-17(16)23)24-20(26-25-18)21(11-12-21)14-7-9-15(22)10-8-14/h3,5,7-10,13H,4,6,11-12H2,1-2H3. The van der Waals surface area contributed by atoms with E-state index in [9.17, 15) is 0 Å². The van der Waals surface area contributed by atoms with Gasteiger partial charge in [0.25, 0.3) is 0 Å². The van der Waals surface area contributed by atoms with Gasteiger partial charge in [-0.25, -0.2) is 4.98 Å². The van der Waals surface area contributed by atoms with Crippen LogP contribution in [0.1, 0.15) is 68.2 Å². The molecule has 1 aromatic heterocycles. The molecule has 5 heteroatoms. The van der Waals surface area contributed by atoms with E-state index in [-0.39, 0.29) is 11.3 Å².